The van der Waals surface area contributed by atoms with Gasteiger partial charge in [0.05, 0.1) is 18.4 Å². The van der Waals surface area contributed by atoms with Gasteiger partial charge in [0, 0.05) is 36.5 Å². The fraction of sp³-hybridized carbons (Fsp3) is 0.438. The van der Waals surface area contributed by atoms with E-state index < -0.39 is 0 Å². The fourth-order valence-electron chi connectivity index (χ4n) is 2.62. The Hall–Kier alpha value is -1.66. The molecular formula is C16H21N3O2S. The van der Waals surface area contributed by atoms with Crippen LogP contribution in [0.5, 0.6) is 0 Å². The fourth-order valence-corrected chi connectivity index (χ4v) is 3.31. The molecule has 0 aliphatic heterocycles. The van der Waals surface area contributed by atoms with Crippen molar-refractivity contribution in [2.75, 3.05) is 19.5 Å². The maximum atomic E-state index is 12.5. The summed E-state index contributed by atoms with van der Waals surface area (Å²) < 4.78 is 7.37. The zero-order chi connectivity index (χ0) is 16.1. The zero-order valence-corrected chi connectivity index (χ0v) is 14.2. The van der Waals surface area contributed by atoms with E-state index in [1.54, 1.807) is 25.6 Å². The highest BCUT2D eigenvalue weighted by molar-refractivity contribution is 7.99. The summed E-state index contributed by atoms with van der Waals surface area (Å²) in [7, 11) is 1.69. The van der Waals surface area contributed by atoms with Gasteiger partial charge in [-0.3, -0.25) is 4.79 Å². The van der Waals surface area contributed by atoms with Crippen molar-refractivity contribution in [3.63, 3.8) is 0 Å². The number of thioether (sulfide) groups is 1. The van der Waals surface area contributed by atoms with E-state index >= 15 is 0 Å². The molecule has 6 heteroatoms. The first kappa shape index (κ1) is 16.7. The van der Waals surface area contributed by atoms with Crippen molar-refractivity contribution < 1.29 is 9.53 Å². The van der Waals surface area contributed by atoms with Crippen LogP contribution in [0.25, 0.3) is 0 Å². The first-order valence-electron chi connectivity index (χ1n) is 7.15. The molecule has 0 amide bonds. The lowest BCUT2D eigenvalue weighted by atomic mass is 10.2. The summed E-state index contributed by atoms with van der Waals surface area (Å²) in [5.41, 5.74) is 2.83. The number of hydrogen-bond donors (Lipinski definition) is 0. The lowest BCUT2D eigenvalue weighted by molar-refractivity contribution is 0.102. The smallest absolute Gasteiger partial charge is 0.187 e. The third kappa shape index (κ3) is 3.75. The van der Waals surface area contributed by atoms with Crippen molar-refractivity contribution in [1.29, 1.82) is 0 Å². The number of hydrogen-bond acceptors (Lipinski definition) is 5. The van der Waals surface area contributed by atoms with E-state index in [4.69, 9.17) is 4.74 Å². The zero-order valence-electron chi connectivity index (χ0n) is 13.4. The number of ether oxygens (including phenoxy) is 1. The van der Waals surface area contributed by atoms with Gasteiger partial charge in [0.15, 0.2) is 10.9 Å². The van der Waals surface area contributed by atoms with Gasteiger partial charge in [0.25, 0.3) is 0 Å². The van der Waals surface area contributed by atoms with E-state index in [2.05, 4.69) is 21.5 Å². The number of aryl methyl sites for hydroxylation is 1. The van der Waals surface area contributed by atoms with E-state index in [0.717, 1.165) is 17.0 Å². The summed E-state index contributed by atoms with van der Waals surface area (Å²) in [4.78, 5) is 20.7. The molecule has 0 N–H and O–H groups in total. The molecule has 0 aromatic carbocycles. The van der Waals surface area contributed by atoms with Gasteiger partial charge in [0.1, 0.15) is 0 Å². The van der Waals surface area contributed by atoms with Crippen molar-refractivity contribution in [2.45, 2.75) is 32.0 Å². The van der Waals surface area contributed by atoms with Gasteiger partial charge in [-0.25, -0.2) is 9.97 Å². The molecule has 2 aromatic heterocycles. The van der Waals surface area contributed by atoms with Gasteiger partial charge in [-0.05, 0) is 32.9 Å². The third-order valence-corrected chi connectivity index (χ3v) is 4.38. The number of carbonyl (C=O) groups is 1. The van der Waals surface area contributed by atoms with Crippen molar-refractivity contribution in [3.05, 3.63) is 41.5 Å². The summed E-state index contributed by atoms with van der Waals surface area (Å²) in [6.45, 7) is 6.71. The molecule has 0 radical (unpaired) electrons. The average molecular weight is 319 g/mol. The minimum absolute atomic E-state index is 0.0985. The standard InChI is InChI=1S/C16H21N3O2S/c1-11-8-14(13(3)19(11)12(2)9-21-4)15(20)10-22-16-17-6-5-7-18-16/h5-8,12H,9-10H2,1-4H3/t12-/m1/s1. The second kappa shape index (κ2) is 7.56. The summed E-state index contributed by atoms with van der Waals surface area (Å²) in [5, 5.41) is 0.623. The summed E-state index contributed by atoms with van der Waals surface area (Å²) in [6.07, 6.45) is 3.36. The van der Waals surface area contributed by atoms with Crippen LogP contribution in [0.3, 0.4) is 0 Å². The first-order chi connectivity index (χ1) is 10.5. The average Bonchev–Trinajstić information content (AvgIpc) is 2.81. The molecule has 0 aliphatic carbocycles. The number of carbonyl (C=O) groups excluding carboxylic acids is 1. The predicted molar refractivity (Wildman–Crippen MR) is 87.6 cm³/mol. The molecular weight excluding hydrogens is 298 g/mol. The van der Waals surface area contributed by atoms with E-state index in [0.29, 0.717) is 17.5 Å². The lowest BCUT2D eigenvalue weighted by Crippen LogP contribution is -2.14. The van der Waals surface area contributed by atoms with Crippen molar-refractivity contribution in [3.8, 4) is 0 Å². The Morgan fingerprint density at radius 3 is 2.68 bits per heavy atom. The highest BCUT2D eigenvalue weighted by Gasteiger charge is 2.19. The molecule has 0 saturated heterocycles. The van der Waals surface area contributed by atoms with Crippen molar-refractivity contribution in [2.24, 2.45) is 0 Å². The summed E-state index contributed by atoms with van der Waals surface area (Å²) in [5.74, 6) is 0.439. The van der Waals surface area contributed by atoms with E-state index in [1.165, 1.54) is 11.8 Å². The lowest BCUT2D eigenvalue weighted by Gasteiger charge is -2.17. The molecule has 5 nitrogen and oxygen atoms in total. The van der Waals surface area contributed by atoms with Crippen molar-refractivity contribution >= 4 is 17.5 Å². The van der Waals surface area contributed by atoms with Gasteiger partial charge < -0.3 is 9.30 Å². The molecule has 1 atom stereocenters. The Kier molecular flexibility index (Phi) is 5.74. The third-order valence-electron chi connectivity index (χ3n) is 3.51. The Morgan fingerprint density at radius 2 is 2.05 bits per heavy atom. The monoisotopic (exact) mass is 319 g/mol. The van der Waals surface area contributed by atoms with Crippen molar-refractivity contribution in [1.82, 2.24) is 14.5 Å². The van der Waals surface area contributed by atoms with Crippen LogP contribution >= 0.6 is 11.8 Å². The van der Waals surface area contributed by atoms with Gasteiger partial charge in [-0.2, -0.15) is 0 Å². The van der Waals surface area contributed by atoms with Crippen LogP contribution < -0.4 is 0 Å². The second-order valence-electron chi connectivity index (χ2n) is 5.20. The quantitative estimate of drug-likeness (QED) is 0.446. The number of rotatable bonds is 7. The molecule has 0 fully saturated rings. The Bertz CT molecular complexity index is 640. The van der Waals surface area contributed by atoms with Crippen LogP contribution in [0.2, 0.25) is 0 Å². The first-order valence-corrected chi connectivity index (χ1v) is 8.13. The van der Waals surface area contributed by atoms with Crippen LogP contribution in [0, 0.1) is 13.8 Å². The predicted octanol–water partition coefficient (Wildman–Crippen LogP) is 3.08. The minimum Gasteiger partial charge on any atom is -0.383 e. The van der Waals surface area contributed by atoms with E-state index in [-0.39, 0.29) is 11.8 Å². The largest absolute Gasteiger partial charge is 0.383 e. The van der Waals surface area contributed by atoms with Crippen LogP contribution in [-0.2, 0) is 4.74 Å². The maximum absolute atomic E-state index is 12.5. The van der Waals surface area contributed by atoms with Crippen LogP contribution in [0.15, 0.2) is 29.7 Å². The number of aromatic nitrogens is 3. The number of Topliss-reactive ketones (excluding diaryl/α,β-unsaturated/α-hetero) is 1. The van der Waals surface area contributed by atoms with Crippen LogP contribution in [0.1, 0.15) is 34.7 Å². The molecule has 2 heterocycles. The molecule has 2 rings (SSSR count). The summed E-state index contributed by atoms with van der Waals surface area (Å²) >= 11 is 1.36. The molecule has 22 heavy (non-hydrogen) atoms. The molecule has 0 bridgehead atoms. The normalized spacial score (nSPS) is 12.4. The number of ketones is 1. The van der Waals surface area contributed by atoms with Gasteiger partial charge in [-0.15, -0.1) is 0 Å². The SMILES string of the molecule is COC[C@@H](C)n1c(C)cc(C(=O)CSc2ncccn2)c1C. The Morgan fingerprint density at radius 1 is 1.36 bits per heavy atom. The Balaban J connectivity index is 2.12. The molecule has 0 spiro atoms. The van der Waals surface area contributed by atoms with Gasteiger partial charge in [-0.1, -0.05) is 11.8 Å². The maximum Gasteiger partial charge on any atom is 0.187 e. The summed E-state index contributed by atoms with van der Waals surface area (Å²) in [6, 6.07) is 3.92. The molecule has 0 unspecified atom stereocenters. The minimum atomic E-state index is 0.0985. The highest BCUT2D eigenvalue weighted by Crippen LogP contribution is 2.23. The number of methoxy groups -OCH3 is 1. The second-order valence-corrected chi connectivity index (χ2v) is 6.14. The van der Waals surface area contributed by atoms with Gasteiger partial charge >= 0.3 is 0 Å². The molecule has 2 aromatic rings. The highest BCUT2D eigenvalue weighted by atomic mass is 32.2. The number of nitrogens with zero attached hydrogens (tertiary/aromatic N) is 3. The molecule has 0 saturated carbocycles. The van der Waals surface area contributed by atoms with Gasteiger partial charge in [0.2, 0.25) is 0 Å². The van der Waals surface area contributed by atoms with E-state index in [1.807, 2.05) is 19.9 Å². The molecule has 118 valence electrons. The Labute approximate surface area is 135 Å². The van der Waals surface area contributed by atoms with Crippen LogP contribution in [0.4, 0.5) is 0 Å². The van der Waals surface area contributed by atoms with E-state index in [9.17, 15) is 4.79 Å². The molecule has 0 aliphatic rings. The topological polar surface area (TPSA) is 57.0 Å². The van der Waals surface area contributed by atoms with Crippen LogP contribution in [-0.4, -0.2) is 39.8 Å².